The van der Waals surface area contributed by atoms with Crippen LogP contribution in [0.4, 0.5) is 5.69 Å². The van der Waals surface area contributed by atoms with Crippen LogP contribution in [0.15, 0.2) is 24.3 Å². The van der Waals surface area contributed by atoms with Crippen LogP contribution in [0.5, 0.6) is 0 Å². The predicted octanol–water partition coefficient (Wildman–Crippen LogP) is 3.01. The number of benzene rings is 1. The third-order valence-corrected chi connectivity index (χ3v) is 4.11. The molecule has 1 aliphatic rings. The van der Waals surface area contributed by atoms with Crippen LogP contribution in [0.3, 0.4) is 0 Å². The molecule has 0 unspecified atom stereocenters. The maximum atomic E-state index is 12.6. The van der Waals surface area contributed by atoms with E-state index in [0.29, 0.717) is 11.4 Å². The van der Waals surface area contributed by atoms with E-state index in [1.807, 2.05) is 29.2 Å². The Morgan fingerprint density at radius 1 is 1.40 bits per heavy atom. The highest BCUT2D eigenvalue weighted by molar-refractivity contribution is 6.00. The third-order valence-electron chi connectivity index (χ3n) is 4.11. The van der Waals surface area contributed by atoms with E-state index in [4.69, 9.17) is 5.73 Å². The Morgan fingerprint density at radius 2 is 2.20 bits per heavy atom. The number of nitrogens with one attached hydrogen (secondary N) is 1. The highest BCUT2D eigenvalue weighted by atomic mass is 16.2. The molecule has 0 saturated carbocycles. The SMILES string of the molecule is CC1(C)CCCN(C(=O)c2cc3cccc(N)c3[nH]2)C1. The van der Waals surface area contributed by atoms with Crippen molar-refractivity contribution in [1.82, 2.24) is 9.88 Å². The zero-order valence-corrected chi connectivity index (χ0v) is 12.1. The number of anilines is 1. The van der Waals surface area contributed by atoms with Gasteiger partial charge in [-0.3, -0.25) is 4.79 Å². The minimum atomic E-state index is 0.0772. The lowest BCUT2D eigenvalue weighted by Gasteiger charge is -2.37. The van der Waals surface area contributed by atoms with E-state index in [2.05, 4.69) is 18.8 Å². The normalized spacial score (nSPS) is 18.4. The maximum absolute atomic E-state index is 12.6. The molecule has 1 fully saturated rings. The van der Waals surface area contributed by atoms with E-state index in [1.165, 1.54) is 6.42 Å². The fourth-order valence-electron chi connectivity index (χ4n) is 3.06. The zero-order valence-electron chi connectivity index (χ0n) is 12.1. The summed E-state index contributed by atoms with van der Waals surface area (Å²) in [5, 5.41) is 0.990. The van der Waals surface area contributed by atoms with Crippen molar-refractivity contribution in [3.63, 3.8) is 0 Å². The van der Waals surface area contributed by atoms with Gasteiger partial charge in [-0.1, -0.05) is 26.0 Å². The Balaban J connectivity index is 1.91. The fourth-order valence-corrected chi connectivity index (χ4v) is 3.06. The first-order valence-electron chi connectivity index (χ1n) is 7.13. The lowest BCUT2D eigenvalue weighted by molar-refractivity contribution is 0.0578. The molecule has 3 rings (SSSR count). The molecule has 3 N–H and O–H groups in total. The molecule has 4 heteroatoms. The van der Waals surface area contributed by atoms with Gasteiger partial charge in [-0.25, -0.2) is 0 Å². The Morgan fingerprint density at radius 3 is 2.90 bits per heavy atom. The number of fused-ring (bicyclic) bond motifs is 1. The highest BCUT2D eigenvalue weighted by Crippen LogP contribution is 2.30. The number of likely N-dealkylation sites (tertiary alicyclic amines) is 1. The van der Waals surface area contributed by atoms with Crippen LogP contribution in [0, 0.1) is 5.41 Å². The lowest BCUT2D eigenvalue weighted by atomic mass is 9.84. The summed E-state index contributed by atoms with van der Waals surface area (Å²) in [5.74, 6) is 0.0772. The molecular formula is C16H21N3O. The van der Waals surface area contributed by atoms with Gasteiger partial charge in [-0.15, -0.1) is 0 Å². The van der Waals surface area contributed by atoms with Gasteiger partial charge in [0, 0.05) is 18.5 Å². The van der Waals surface area contributed by atoms with Gasteiger partial charge in [0.25, 0.3) is 5.91 Å². The Hall–Kier alpha value is -1.97. The molecule has 2 aromatic rings. The number of carbonyl (C=O) groups is 1. The van der Waals surface area contributed by atoms with Crippen LogP contribution < -0.4 is 5.73 Å². The number of rotatable bonds is 1. The monoisotopic (exact) mass is 271 g/mol. The van der Waals surface area contributed by atoms with Crippen molar-refractivity contribution >= 4 is 22.5 Å². The molecule has 1 saturated heterocycles. The number of nitrogens with zero attached hydrogens (tertiary/aromatic N) is 1. The number of aromatic amines is 1. The molecular weight excluding hydrogens is 250 g/mol. The van der Waals surface area contributed by atoms with E-state index in [1.54, 1.807) is 0 Å². The summed E-state index contributed by atoms with van der Waals surface area (Å²) in [7, 11) is 0. The van der Waals surface area contributed by atoms with Crippen molar-refractivity contribution in [2.45, 2.75) is 26.7 Å². The van der Waals surface area contributed by atoms with Crippen molar-refractivity contribution in [3.8, 4) is 0 Å². The number of hydrogen-bond donors (Lipinski definition) is 2. The average molecular weight is 271 g/mol. The van der Waals surface area contributed by atoms with Gasteiger partial charge in [0.2, 0.25) is 0 Å². The van der Waals surface area contributed by atoms with Crippen LogP contribution in [-0.2, 0) is 0 Å². The zero-order chi connectivity index (χ0) is 14.3. The van der Waals surface area contributed by atoms with Gasteiger partial charge >= 0.3 is 0 Å². The molecule has 4 nitrogen and oxygen atoms in total. The molecule has 0 bridgehead atoms. The fraction of sp³-hybridized carbons (Fsp3) is 0.438. The van der Waals surface area contributed by atoms with E-state index < -0.39 is 0 Å². The lowest BCUT2D eigenvalue weighted by Crippen LogP contribution is -2.43. The smallest absolute Gasteiger partial charge is 0.270 e. The molecule has 1 aromatic carbocycles. The van der Waals surface area contributed by atoms with Crippen LogP contribution >= 0.6 is 0 Å². The second kappa shape index (κ2) is 4.54. The molecule has 1 aromatic heterocycles. The van der Waals surface area contributed by atoms with Gasteiger partial charge < -0.3 is 15.6 Å². The minimum absolute atomic E-state index is 0.0772. The summed E-state index contributed by atoms with van der Waals surface area (Å²) < 4.78 is 0. The van der Waals surface area contributed by atoms with E-state index in [9.17, 15) is 4.79 Å². The van der Waals surface area contributed by atoms with Gasteiger partial charge in [-0.05, 0) is 30.4 Å². The molecule has 20 heavy (non-hydrogen) atoms. The van der Waals surface area contributed by atoms with Crippen LogP contribution in [0.25, 0.3) is 10.9 Å². The number of para-hydroxylation sites is 1. The van der Waals surface area contributed by atoms with Crippen LogP contribution in [0.2, 0.25) is 0 Å². The number of carbonyl (C=O) groups excluding carboxylic acids is 1. The van der Waals surface area contributed by atoms with Crippen LogP contribution in [0.1, 0.15) is 37.2 Å². The average Bonchev–Trinajstić information content (AvgIpc) is 2.82. The van der Waals surface area contributed by atoms with E-state index in [0.717, 1.165) is 30.4 Å². The number of nitrogens with two attached hydrogens (primary N) is 1. The summed E-state index contributed by atoms with van der Waals surface area (Å²) in [6.07, 6.45) is 2.25. The summed E-state index contributed by atoms with van der Waals surface area (Å²) in [6, 6.07) is 7.62. The minimum Gasteiger partial charge on any atom is -0.397 e. The highest BCUT2D eigenvalue weighted by Gasteiger charge is 2.30. The van der Waals surface area contributed by atoms with Crippen molar-refractivity contribution in [2.24, 2.45) is 5.41 Å². The predicted molar refractivity (Wildman–Crippen MR) is 81.6 cm³/mol. The molecule has 106 valence electrons. The number of nitrogen functional groups attached to an aromatic ring is 1. The third kappa shape index (κ3) is 2.26. The Kier molecular flexibility index (Phi) is 2.96. The van der Waals surface area contributed by atoms with Gasteiger partial charge in [-0.2, -0.15) is 0 Å². The molecule has 1 aliphatic heterocycles. The first-order chi connectivity index (χ1) is 9.46. The van der Waals surface area contributed by atoms with Crippen molar-refractivity contribution in [1.29, 1.82) is 0 Å². The summed E-state index contributed by atoms with van der Waals surface area (Å²) >= 11 is 0. The van der Waals surface area contributed by atoms with Crippen LogP contribution in [-0.4, -0.2) is 28.9 Å². The summed E-state index contributed by atoms with van der Waals surface area (Å²) in [4.78, 5) is 17.7. The Bertz CT molecular complexity index is 657. The van der Waals surface area contributed by atoms with Gasteiger partial charge in [0.05, 0.1) is 11.2 Å². The largest absolute Gasteiger partial charge is 0.397 e. The maximum Gasteiger partial charge on any atom is 0.270 e. The number of aromatic nitrogens is 1. The molecule has 0 radical (unpaired) electrons. The number of H-pyrrole nitrogens is 1. The number of hydrogen-bond acceptors (Lipinski definition) is 2. The standard InChI is InChI=1S/C16H21N3O/c1-16(2)7-4-8-19(10-16)15(20)13-9-11-5-3-6-12(17)14(11)18-13/h3,5-6,9,18H,4,7-8,10,17H2,1-2H3. The summed E-state index contributed by atoms with van der Waals surface area (Å²) in [5.41, 5.74) is 8.31. The van der Waals surface area contributed by atoms with Gasteiger partial charge in [0.15, 0.2) is 0 Å². The first-order valence-corrected chi connectivity index (χ1v) is 7.13. The topological polar surface area (TPSA) is 62.1 Å². The van der Waals surface area contributed by atoms with E-state index in [-0.39, 0.29) is 11.3 Å². The molecule has 0 aliphatic carbocycles. The van der Waals surface area contributed by atoms with Crippen molar-refractivity contribution < 1.29 is 4.79 Å². The molecule has 0 spiro atoms. The number of amides is 1. The summed E-state index contributed by atoms with van der Waals surface area (Å²) in [6.45, 7) is 6.09. The first kappa shape index (κ1) is 13.0. The van der Waals surface area contributed by atoms with E-state index >= 15 is 0 Å². The van der Waals surface area contributed by atoms with Crippen molar-refractivity contribution in [3.05, 3.63) is 30.0 Å². The van der Waals surface area contributed by atoms with Crippen molar-refractivity contribution in [2.75, 3.05) is 18.8 Å². The Labute approximate surface area is 118 Å². The second-order valence-electron chi connectivity index (χ2n) is 6.49. The second-order valence-corrected chi connectivity index (χ2v) is 6.49. The molecule has 0 atom stereocenters. The molecule has 1 amide bonds. The van der Waals surface area contributed by atoms with Gasteiger partial charge in [0.1, 0.15) is 5.69 Å². The molecule has 2 heterocycles. The quantitative estimate of drug-likeness (QED) is 0.783. The number of piperidine rings is 1.